The number of hydrogen-bond acceptors (Lipinski definition) is 6. The van der Waals surface area contributed by atoms with Gasteiger partial charge in [-0.1, -0.05) is 36.4 Å². The molecule has 1 aromatic carbocycles. The summed E-state index contributed by atoms with van der Waals surface area (Å²) < 4.78 is 26.9. The molecule has 162 valence electrons. The number of amides is 1. The van der Waals surface area contributed by atoms with Crippen LogP contribution in [0.5, 0.6) is 0 Å². The van der Waals surface area contributed by atoms with E-state index in [2.05, 4.69) is 32.4 Å². The molecule has 0 aliphatic carbocycles. The number of hydrazine groups is 1. The molecule has 4 aliphatic heterocycles. The van der Waals surface area contributed by atoms with Crippen molar-refractivity contribution in [1.29, 1.82) is 0 Å². The molecule has 0 radical (unpaired) electrons. The Labute approximate surface area is 179 Å². The van der Waals surface area contributed by atoms with Crippen LogP contribution in [0.25, 0.3) is 0 Å². The van der Waals surface area contributed by atoms with Crippen LogP contribution in [0.2, 0.25) is 0 Å². The Hall–Kier alpha value is -3.17. The highest BCUT2D eigenvalue weighted by molar-refractivity contribution is 5.94. The molecule has 0 aromatic heterocycles. The fourth-order valence-electron chi connectivity index (χ4n) is 4.11. The average Bonchev–Trinajstić information content (AvgIpc) is 3.16. The third-order valence-corrected chi connectivity index (χ3v) is 5.88. The number of nitrogens with one attached hydrogen (secondary N) is 4. The van der Waals surface area contributed by atoms with Gasteiger partial charge in [-0.15, -0.1) is 0 Å². The molecule has 4 N–H and O–H groups in total. The van der Waals surface area contributed by atoms with Gasteiger partial charge in [-0.25, -0.2) is 14.2 Å². The summed E-state index contributed by atoms with van der Waals surface area (Å²) in [5, 5.41) is 11.0. The third kappa shape index (κ3) is 3.82. The first-order chi connectivity index (χ1) is 15.1. The van der Waals surface area contributed by atoms with E-state index in [4.69, 9.17) is 0 Å². The van der Waals surface area contributed by atoms with Crippen molar-refractivity contribution < 1.29 is 13.6 Å². The van der Waals surface area contributed by atoms with Crippen molar-refractivity contribution in [1.82, 2.24) is 31.3 Å². The predicted octanol–water partition coefficient (Wildman–Crippen LogP) is 1.96. The fourth-order valence-corrected chi connectivity index (χ4v) is 4.11. The van der Waals surface area contributed by atoms with E-state index in [1.165, 1.54) is 12.5 Å². The van der Waals surface area contributed by atoms with Gasteiger partial charge in [-0.2, -0.15) is 0 Å². The maximum absolute atomic E-state index is 13.5. The molecule has 9 heteroatoms. The van der Waals surface area contributed by atoms with E-state index in [0.717, 1.165) is 13.1 Å². The zero-order chi connectivity index (χ0) is 21.4. The van der Waals surface area contributed by atoms with E-state index in [-0.39, 0.29) is 23.8 Å². The van der Waals surface area contributed by atoms with E-state index in [9.17, 15) is 13.6 Å². The van der Waals surface area contributed by atoms with Gasteiger partial charge in [-0.3, -0.25) is 14.7 Å². The maximum atomic E-state index is 13.5. The monoisotopic (exact) mass is 426 g/mol. The molecule has 1 amide bonds. The average molecular weight is 426 g/mol. The van der Waals surface area contributed by atoms with Crippen molar-refractivity contribution in [2.75, 3.05) is 13.1 Å². The minimum atomic E-state index is -2.57. The van der Waals surface area contributed by atoms with Gasteiger partial charge in [-0.05, 0) is 30.2 Å². The lowest BCUT2D eigenvalue weighted by Gasteiger charge is -2.39. The molecule has 1 aromatic rings. The number of dihydropyridines is 1. The maximum Gasteiger partial charge on any atom is 0.276 e. The number of carbonyl (C=O) groups is 1. The molecule has 1 saturated heterocycles. The Kier molecular flexibility index (Phi) is 5.21. The summed E-state index contributed by atoms with van der Waals surface area (Å²) in [5.74, 6) is 0.330. The van der Waals surface area contributed by atoms with Gasteiger partial charge in [0.1, 0.15) is 23.8 Å². The number of rotatable bonds is 5. The fraction of sp³-hybridized carbons (Fsp3) is 0.318. The van der Waals surface area contributed by atoms with Crippen LogP contribution in [0.1, 0.15) is 30.0 Å². The summed E-state index contributed by atoms with van der Waals surface area (Å²) in [4.78, 5) is 15.3. The van der Waals surface area contributed by atoms with Gasteiger partial charge in [0.25, 0.3) is 12.3 Å². The summed E-state index contributed by atoms with van der Waals surface area (Å²) in [7, 11) is 0. The molecule has 3 unspecified atom stereocenters. The van der Waals surface area contributed by atoms with Crippen LogP contribution in [0.3, 0.4) is 0 Å². The van der Waals surface area contributed by atoms with Crippen LogP contribution in [0.4, 0.5) is 8.78 Å². The van der Waals surface area contributed by atoms with Crippen molar-refractivity contribution in [3.05, 3.63) is 83.5 Å². The summed E-state index contributed by atoms with van der Waals surface area (Å²) >= 11 is 0. The van der Waals surface area contributed by atoms with Crippen molar-refractivity contribution >= 4 is 5.91 Å². The number of likely N-dealkylation sites (tertiary alicyclic amines) is 1. The van der Waals surface area contributed by atoms with E-state index in [0.29, 0.717) is 17.1 Å². The van der Waals surface area contributed by atoms with Crippen LogP contribution in [-0.2, 0) is 4.79 Å². The Bertz CT molecular complexity index is 984. The van der Waals surface area contributed by atoms with Crippen molar-refractivity contribution in [3.63, 3.8) is 0 Å². The van der Waals surface area contributed by atoms with Gasteiger partial charge < -0.3 is 16.0 Å². The second-order valence-electron chi connectivity index (χ2n) is 7.83. The number of hydrogen-bond donors (Lipinski definition) is 4. The third-order valence-electron chi connectivity index (χ3n) is 5.88. The zero-order valence-electron chi connectivity index (χ0n) is 16.8. The highest BCUT2D eigenvalue weighted by atomic mass is 19.3. The summed E-state index contributed by atoms with van der Waals surface area (Å²) in [6, 6.07) is 5.97. The number of allylic oxidation sites excluding steroid dienone is 2. The molecule has 0 spiro atoms. The Morgan fingerprint density at radius 3 is 2.74 bits per heavy atom. The topological polar surface area (TPSA) is 71.7 Å². The second kappa shape index (κ2) is 8.16. The first kappa shape index (κ1) is 19.8. The minimum Gasteiger partial charge on any atom is -0.365 e. The smallest absolute Gasteiger partial charge is 0.276 e. The quantitative estimate of drug-likeness (QED) is 0.540. The molecule has 31 heavy (non-hydrogen) atoms. The summed E-state index contributed by atoms with van der Waals surface area (Å²) in [5.41, 5.74) is 4.04. The van der Waals surface area contributed by atoms with Crippen LogP contribution in [0.15, 0.2) is 72.4 Å². The molecule has 5 rings (SSSR count). The highest BCUT2D eigenvalue weighted by Gasteiger charge is 2.34. The number of nitrogens with zero attached hydrogens (tertiary/aromatic N) is 2. The molecular formula is C22H24F2N6O. The van der Waals surface area contributed by atoms with Crippen LogP contribution in [-0.4, -0.2) is 41.2 Å². The van der Waals surface area contributed by atoms with E-state index in [1.807, 2.05) is 24.3 Å². The first-order valence-corrected chi connectivity index (χ1v) is 10.4. The molecule has 1 fully saturated rings. The van der Waals surface area contributed by atoms with E-state index >= 15 is 0 Å². The van der Waals surface area contributed by atoms with E-state index in [1.54, 1.807) is 29.4 Å². The number of carbonyl (C=O) groups excluding carboxylic acids is 1. The van der Waals surface area contributed by atoms with Crippen molar-refractivity contribution in [2.45, 2.75) is 31.2 Å². The van der Waals surface area contributed by atoms with Gasteiger partial charge in [0.15, 0.2) is 0 Å². The SMILES string of the molecule is O=C(NC1=CC=CC(N2CCC2)N1)C1=CNC2C=CC(c3ccccc3C(F)F)NN12. The molecule has 3 atom stereocenters. The van der Waals surface area contributed by atoms with E-state index < -0.39 is 12.5 Å². The molecule has 4 heterocycles. The number of benzene rings is 1. The lowest BCUT2D eigenvalue weighted by molar-refractivity contribution is -0.119. The Morgan fingerprint density at radius 1 is 1.13 bits per heavy atom. The largest absolute Gasteiger partial charge is 0.365 e. The lowest BCUT2D eigenvalue weighted by Crippen LogP contribution is -2.54. The normalized spacial score (nSPS) is 27.1. The van der Waals surface area contributed by atoms with Gasteiger partial charge >= 0.3 is 0 Å². The van der Waals surface area contributed by atoms with Gasteiger partial charge in [0.05, 0.1) is 6.04 Å². The zero-order valence-corrected chi connectivity index (χ0v) is 16.8. The van der Waals surface area contributed by atoms with Crippen molar-refractivity contribution in [3.8, 4) is 0 Å². The molecule has 4 aliphatic rings. The summed E-state index contributed by atoms with van der Waals surface area (Å²) in [6.07, 6.45) is 9.55. The number of fused-ring (bicyclic) bond motifs is 1. The molecule has 0 bridgehead atoms. The lowest BCUT2D eigenvalue weighted by atomic mass is 9.99. The molecule has 0 saturated carbocycles. The standard InChI is InChI=1S/C22H24F2N6O/c23-21(24)15-6-2-1-5-14(15)16-9-10-19-25-13-17(30(19)28-16)22(31)27-18-7-3-8-20(26-18)29-11-4-12-29/h1-3,5-10,13,16,19-21,25-26,28H,4,11-12H2,(H,27,31). The highest BCUT2D eigenvalue weighted by Crippen LogP contribution is 2.31. The first-order valence-electron chi connectivity index (χ1n) is 10.4. The van der Waals surface area contributed by atoms with Crippen LogP contribution < -0.4 is 21.4 Å². The van der Waals surface area contributed by atoms with Crippen LogP contribution >= 0.6 is 0 Å². The molecule has 7 nitrogen and oxygen atoms in total. The molecular weight excluding hydrogens is 402 g/mol. The predicted molar refractivity (Wildman–Crippen MR) is 112 cm³/mol. The van der Waals surface area contributed by atoms with Crippen LogP contribution in [0, 0.1) is 0 Å². The second-order valence-corrected chi connectivity index (χ2v) is 7.83. The minimum absolute atomic E-state index is 0.0226. The Morgan fingerprint density at radius 2 is 1.97 bits per heavy atom. The van der Waals surface area contributed by atoms with Gasteiger partial charge in [0, 0.05) is 24.9 Å². The Balaban J connectivity index is 1.28. The van der Waals surface area contributed by atoms with Crippen molar-refractivity contribution in [2.24, 2.45) is 0 Å². The summed E-state index contributed by atoms with van der Waals surface area (Å²) in [6.45, 7) is 2.07. The van der Waals surface area contributed by atoms with Gasteiger partial charge in [0.2, 0.25) is 0 Å². The number of halogens is 2. The number of alkyl halides is 2.